The Morgan fingerprint density at radius 2 is 2.53 bits per heavy atom. The molecule has 0 saturated carbocycles. The first-order valence-corrected chi connectivity index (χ1v) is 5.42. The molecule has 1 aromatic heterocycles. The second kappa shape index (κ2) is 4.53. The lowest BCUT2D eigenvalue weighted by molar-refractivity contribution is 0.0963. The average molecular weight is 204 g/mol. The highest BCUT2D eigenvalue weighted by Gasteiger charge is 2.19. The molecule has 1 aliphatic rings. The van der Waals surface area contributed by atoms with Gasteiger partial charge in [0.2, 0.25) is 0 Å². The first-order valence-electron chi connectivity index (χ1n) is 5.42. The number of aryl methyl sites for hydroxylation is 1. The molecule has 1 aliphatic heterocycles. The number of aromatic nitrogens is 1. The van der Waals surface area contributed by atoms with Gasteiger partial charge >= 0.3 is 0 Å². The second-order valence-electron chi connectivity index (χ2n) is 4.18. The highest BCUT2D eigenvalue weighted by molar-refractivity contribution is 5.97. The quantitative estimate of drug-likeness (QED) is 0.760. The molecule has 0 bridgehead atoms. The second-order valence-corrected chi connectivity index (χ2v) is 4.18. The van der Waals surface area contributed by atoms with Gasteiger partial charge in [-0.25, -0.2) is 0 Å². The van der Waals surface area contributed by atoms with Crippen molar-refractivity contribution < 1.29 is 4.79 Å². The largest absolute Gasteiger partial charge is 0.316 e. The third-order valence-corrected chi connectivity index (χ3v) is 2.98. The van der Waals surface area contributed by atoms with Gasteiger partial charge in [-0.1, -0.05) is 0 Å². The Hall–Kier alpha value is -1.22. The van der Waals surface area contributed by atoms with Crippen molar-refractivity contribution in [1.82, 2.24) is 10.3 Å². The van der Waals surface area contributed by atoms with Crippen LogP contribution < -0.4 is 5.32 Å². The minimum Gasteiger partial charge on any atom is -0.316 e. The van der Waals surface area contributed by atoms with Gasteiger partial charge in [-0.2, -0.15) is 0 Å². The van der Waals surface area contributed by atoms with Crippen LogP contribution in [0, 0.1) is 12.8 Å². The molecule has 15 heavy (non-hydrogen) atoms. The number of carbonyl (C=O) groups is 1. The Morgan fingerprint density at radius 1 is 1.67 bits per heavy atom. The van der Waals surface area contributed by atoms with Crippen LogP contribution in [0.3, 0.4) is 0 Å². The summed E-state index contributed by atoms with van der Waals surface area (Å²) in [6.45, 7) is 3.98. The Morgan fingerprint density at radius 3 is 3.20 bits per heavy atom. The van der Waals surface area contributed by atoms with Crippen molar-refractivity contribution in [3.63, 3.8) is 0 Å². The molecule has 1 saturated heterocycles. The number of carbonyl (C=O) groups excluding carboxylic acids is 1. The maximum atomic E-state index is 12.0. The van der Waals surface area contributed by atoms with Crippen LogP contribution in [-0.4, -0.2) is 23.9 Å². The molecular weight excluding hydrogens is 188 g/mol. The summed E-state index contributed by atoms with van der Waals surface area (Å²) in [6.07, 6.45) is 5.17. The van der Waals surface area contributed by atoms with Crippen LogP contribution in [0.4, 0.5) is 0 Å². The maximum Gasteiger partial charge on any atom is 0.165 e. The van der Waals surface area contributed by atoms with Crippen molar-refractivity contribution in [2.45, 2.75) is 19.8 Å². The number of nitrogens with zero attached hydrogens (tertiary/aromatic N) is 1. The fraction of sp³-hybridized carbons (Fsp3) is 0.500. The van der Waals surface area contributed by atoms with E-state index in [1.807, 2.05) is 13.0 Å². The summed E-state index contributed by atoms with van der Waals surface area (Å²) in [6, 6.07) is 1.89. The Kier molecular flexibility index (Phi) is 3.11. The van der Waals surface area contributed by atoms with Crippen molar-refractivity contribution in [2.24, 2.45) is 5.92 Å². The van der Waals surface area contributed by atoms with Gasteiger partial charge < -0.3 is 5.32 Å². The van der Waals surface area contributed by atoms with Gasteiger partial charge in [0.05, 0.1) is 0 Å². The zero-order chi connectivity index (χ0) is 10.7. The van der Waals surface area contributed by atoms with Gasteiger partial charge in [0, 0.05) is 24.4 Å². The first-order chi connectivity index (χ1) is 7.27. The van der Waals surface area contributed by atoms with E-state index in [1.54, 1.807) is 12.4 Å². The van der Waals surface area contributed by atoms with Crippen LogP contribution in [0.25, 0.3) is 0 Å². The molecule has 1 aromatic rings. The fourth-order valence-corrected chi connectivity index (χ4v) is 2.02. The monoisotopic (exact) mass is 204 g/mol. The zero-order valence-electron chi connectivity index (χ0n) is 8.99. The number of nitrogens with one attached hydrogen (secondary N) is 1. The number of pyridine rings is 1. The summed E-state index contributed by atoms with van der Waals surface area (Å²) in [7, 11) is 0. The number of rotatable bonds is 3. The molecule has 0 radical (unpaired) electrons. The molecular formula is C12H16N2O. The summed E-state index contributed by atoms with van der Waals surface area (Å²) in [5.74, 6) is 0.742. The summed E-state index contributed by atoms with van der Waals surface area (Å²) >= 11 is 0. The van der Waals surface area contributed by atoms with Crippen molar-refractivity contribution in [2.75, 3.05) is 13.1 Å². The molecule has 2 heterocycles. The third kappa shape index (κ3) is 2.42. The van der Waals surface area contributed by atoms with E-state index in [1.165, 1.54) is 0 Å². The van der Waals surface area contributed by atoms with Crippen molar-refractivity contribution in [3.05, 3.63) is 29.6 Å². The zero-order valence-corrected chi connectivity index (χ0v) is 8.99. The van der Waals surface area contributed by atoms with Gasteiger partial charge in [0.15, 0.2) is 5.78 Å². The van der Waals surface area contributed by atoms with E-state index in [4.69, 9.17) is 0 Å². The van der Waals surface area contributed by atoms with Crippen molar-refractivity contribution >= 4 is 5.78 Å². The summed E-state index contributed by atoms with van der Waals surface area (Å²) < 4.78 is 0. The lowest BCUT2D eigenvalue weighted by Crippen LogP contribution is -2.13. The highest BCUT2D eigenvalue weighted by Crippen LogP contribution is 2.17. The molecule has 0 aromatic carbocycles. The van der Waals surface area contributed by atoms with Crippen LogP contribution in [0.5, 0.6) is 0 Å². The smallest absolute Gasteiger partial charge is 0.165 e. The Bertz CT molecular complexity index is 356. The maximum absolute atomic E-state index is 12.0. The van der Waals surface area contributed by atoms with Gasteiger partial charge in [-0.15, -0.1) is 0 Å². The van der Waals surface area contributed by atoms with E-state index in [9.17, 15) is 4.79 Å². The van der Waals surface area contributed by atoms with Crippen molar-refractivity contribution in [3.8, 4) is 0 Å². The number of hydrogen-bond donors (Lipinski definition) is 1. The summed E-state index contributed by atoms with van der Waals surface area (Å²) in [5, 5.41) is 3.28. The van der Waals surface area contributed by atoms with Gasteiger partial charge in [-0.3, -0.25) is 9.78 Å². The molecule has 1 fully saturated rings. The topological polar surface area (TPSA) is 42.0 Å². The van der Waals surface area contributed by atoms with Crippen LogP contribution in [-0.2, 0) is 0 Å². The summed E-state index contributed by atoms with van der Waals surface area (Å²) in [4.78, 5) is 16.0. The molecule has 0 spiro atoms. The Balaban J connectivity index is 2.04. The van der Waals surface area contributed by atoms with Crippen molar-refractivity contribution in [1.29, 1.82) is 0 Å². The molecule has 1 atom stereocenters. The molecule has 1 N–H and O–H groups in total. The molecule has 2 rings (SSSR count). The number of ketones is 1. The fourth-order valence-electron chi connectivity index (χ4n) is 2.02. The molecule has 1 unspecified atom stereocenters. The first kappa shape index (κ1) is 10.3. The van der Waals surface area contributed by atoms with Crippen LogP contribution in [0.2, 0.25) is 0 Å². The SMILES string of the molecule is Cc1ccncc1C(=O)CC1CCNC1. The van der Waals surface area contributed by atoms with Gasteiger partial charge in [0.1, 0.15) is 0 Å². The Labute approximate surface area is 89.9 Å². The lowest BCUT2D eigenvalue weighted by atomic mass is 9.96. The van der Waals surface area contributed by atoms with Crippen LogP contribution >= 0.6 is 0 Å². The predicted molar refractivity (Wildman–Crippen MR) is 58.9 cm³/mol. The predicted octanol–water partition coefficient (Wildman–Crippen LogP) is 1.57. The van der Waals surface area contributed by atoms with E-state index in [-0.39, 0.29) is 5.78 Å². The van der Waals surface area contributed by atoms with Crippen LogP contribution in [0.15, 0.2) is 18.5 Å². The van der Waals surface area contributed by atoms with E-state index >= 15 is 0 Å². The standard InChI is InChI=1S/C12H16N2O/c1-9-2-4-14-8-11(9)12(15)6-10-3-5-13-7-10/h2,4,8,10,13H,3,5-7H2,1H3. The normalized spacial score (nSPS) is 20.5. The highest BCUT2D eigenvalue weighted by atomic mass is 16.1. The van der Waals surface area contributed by atoms with E-state index in [0.29, 0.717) is 12.3 Å². The van der Waals surface area contributed by atoms with E-state index < -0.39 is 0 Å². The van der Waals surface area contributed by atoms with Gasteiger partial charge in [-0.05, 0) is 44.0 Å². The molecule has 0 aliphatic carbocycles. The number of hydrogen-bond acceptors (Lipinski definition) is 3. The summed E-state index contributed by atoms with van der Waals surface area (Å²) in [5.41, 5.74) is 1.81. The number of Topliss-reactive ketones (excluding diaryl/α,β-unsaturated/α-hetero) is 1. The lowest BCUT2D eigenvalue weighted by Gasteiger charge is -2.08. The van der Waals surface area contributed by atoms with Gasteiger partial charge in [0.25, 0.3) is 0 Å². The van der Waals surface area contributed by atoms with Crippen LogP contribution in [0.1, 0.15) is 28.8 Å². The average Bonchev–Trinajstić information content (AvgIpc) is 2.71. The third-order valence-electron chi connectivity index (χ3n) is 2.98. The minimum atomic E-state index is 0.231. The minimum absolute atomic E-state index is 0.231. The van der Waals surface area contributed by atoms with E-state index in [0.717, 1.165) is 30.6 Å². The molecule has 0 amide bonds. The molecule has 3 heteroatoms. The molecule has 80 valence electrons. The van der Waals surface area contributed by atoms with E-state index in [2.05, 4.69) is 10.3 Å². The molecule has 3 nitrogen and oxygen atoms in total.